The molecule has 0 spiro atoms. The number of carbonyl (C=O) groups is 1. The minimum absolute atomic E-state index is 0.109. The molecule has 23 heavy (non-hydrogen) atoms. The first-order valence-electron chi connectivity index (χ1n) is 8.52. The summed E-state index contributed by atoms with van der Waals surface area (Å²) in [7, 11) is 0. The maximum atomic E-state index is 12.3. The second-order valence-corrected chi connectivity index (χ2v) is 7.90. The standard InChI is InChI=1S/C18H25N3OS/c1-12-8-9-15-16(10-12)21-18(20-15)23-13(2)17(22)19-11-14-6-4-3-5-7-14/h8-10,13-14H,3-7,11H2,1-2H3,(H,19,22)(H,20,21). The minimum Gasteiger partial charge on any atom is -0.355 e. The molecule has 1 aromatic carbocycles. The van der Waals surface area contributed by atoms with Crippen molar-refractivity contribution in [2.45, 2.75) is 56.4 Å². The van der Waals surface area contributed by atoms with Crippen LogP contribution in [0.5, 0.6) is 0 Å². The van der Waals surface area contributed by atoms with E-state index in [2.05, 4.69) is 34.3 Å². The van der Waals surface area contributed by atoms with E-state index in [0.717, 1.165) is 22.7 Å². The van der Waals surface area contributed by atoms with Crippen LogP contribution < -0.4 is 5.32 Å². The lowest BCUT2D eigenvalue weighted by atomic mass is 9.89. The van der Waals surface area contributed by atoms with Crippen LogP contribution in [0.4, 0.5) is 0 Å². The van der Waals surface area contributed by atoms with Crippen molar-refractivity contribution in [2.75, 3.05) is 6.54 Å². The van der Waals surface area contributed by atoms with Crippen molar-refractivity contribution in [1.29, 1.82) is 0 Å². The Morgan fingerprint density at radius 1 is 1.39 bits per heavy atom. The summed E-state index contributed by atoms with van der Waals surface area (Å²) in [5.74, 6) is 0.774. The van der Waals surface area contributed by atoms with E-state index in [1.807, 2.05) is 13.0 Å². The predicted octanol–water partition coefficient (Wildman–Crippen LogP) is 4.05. The molecule has 1 aromatic heterocycles. The highest BCUT2D eigenvalue weighted by atomic mass is 32.2. The molecule has 2 aromatic rings. The molecular weight excluding hydrogens is 306 g/mol. The van der Waals surface area contributed by atoms with Gasteiger partial charge in [0.15, 0.2) is 5.16 Å². The molecule has 1 heterocycles. The quantitative estimate of drug-likeness (QED) is 0.813. The van der Waals surface area contributed by atoms with Crippen LogP contribution in [0.15, 0.2) is 23.4 Å². The number of nitrogens with one attached hydrogen (secondary N) is 2. The van der Waals surface area contributed by atoms with Crippen LogP contribution in [0.3, 0.4) is 0 Å². The van der Waals surface area contributed by atoms with Crippen molar-refractivity contribution in [2.24, 2.45) is 5.92 Å². The highest BCUT2D eigenvalue weighted by Crippen LogP contribution is 2.25. The first-order valence-corrected chi connectivity index (χ1v) is 9.40. The molecule has 1 aliphatic rings. The average Bonchev–Trinajstić information content (AvgIpc) is 2.94. The van der Waals surface area contributed by atoms with Gasteiger partial charge in [0, 0.05) is 6.54 Å². The molecular formula is C18H25N3OS. The fourth-order valence-corrected chi connectivity index (χ4v) is 4.00. The third kappa shape index (κ3) is 4.28. The molecule has 0 aliphatic heterocycles. The zero-order valence-corrected chi connectivity index (χ0v) is 14.7. The zero-order chi connectivity index (χ0) is 16.2. The van der Waals surface area contributed by atoms with Crippen LogP contribution in [0.1, 0.15) is 44.6 Å². The Hall–Kier alpha value is -1.49. The lowest BCUT2D eigenvalue weighted by molar-refractivity contribution is -0.120. The summed E-state index contributed by atoms with van der Waals surface area (Å²) in [6.07, 6.45) is 6.48. The Balaban J connectivity index is 1.54. The number of H-pyrrole nitrogens is 1. The van der Waals surface area contributed by atoms with E-state index in [9.17, 15) is 4.79 Å². The van der Waals surface area contributed by atoms with Gasteiger partial charge in [-0.3, -0.25) is 4.79 Å². The monoisotopic (exact) mass is 331 g/mol. The average molecular weight is 331 g/mol. The summed E-state index contributed by atoms with van der Waals surface area (Å²) >= 11 is 1.49. The number of fused-ring (bicyclic) bond motifs is 1. The summed E-state index contributed by atoms with van der Waals surface area (Å²) in [4.78, 5) is 20.1. The fraction of sp³-hybridized carbons (Fsp3) is 0.556. The van der Waals surface area contributed by atoms with E-state index in [-0.39, 0.29) is 11.2 Å². The summed E-state index contributed by atoms with van der Waals surface area (Å²) < 4.78 is 0. The van der Waals surface area contributed by atoms with E-state index in [0.29, 0.717) is 5.92 Å². The SMILES string of the molecule is Cc1ccc2nc(SC(C)C(=O)NCC3CCCCC3)[nH]c2c1. The number of carbonyl (C=O) groups excluding carboxylic acids is 1. The predicted molar refractivity (Wildman–Crippen MR) is 95.7 cm³/mol. The normalized spacial score (nSPS) is 17.3. The molecule has 1 saturated carbocycles. The van der Waals surface area contributed by atoms with Gasteiger partial charge in [0.1, 0.15) is 0 Å². The number of nitrogens with zero attached hydrogens (tertiary/aromatic N) is 1. The van der Waals surface area contributed by atoms with Crippen LogP contribution >= 0.6 is 11.8 Å². The maximum Gasteiger partial charge on any atom is 0.233 e. The van der Waals surface area contributed by atoms with Gasteiger partial charge in [-0.1, -0.05) is 37.1 Å². The van der Waals surface area contributed by atoms with Gasteiger partial charge in [-0.2, -0.15) is 0 Å². The van der Waals surface area contributed by atoms with Crippen molar-refractivity contribution in [3.8, 4) is 0 Å². The molecule has 0 bridgehead atoms. The number of rotatable bonds is 5. The molecule has 2 N–H and O–H groups in total. The highest BCUT2D eigenvalue weighted by Gasteiger charge is 2.19. The molecule has 3 rings (SSSR count). The zero-order valence-electron chi connectivity index (χ0n) is 13.9. The van der Waals surface area contributed by atoms with Gasteiger partial charge < -0.3 is 10.3 Å². The van der Waals surface area contributed by atoms with E-state index >= 15 is 0 Å². The number of benzene rings is 1. The maximum absolute atomic E-state index is 12.3. The van der Waals surface area contributed by atoms with Crippen LogP contribution in [-0.4, -0.2) is 27.7 Å². The van der Waals surface area contributed by atoms with Crippen LogP contribution in [0.2, 0.25) is 0 Å². The molecule has 1 unspecified atom stereocenters. The largest absolute Gasteiger partial charge is 0.355 e. The van der Waals surface area contributed by atoms with Crippen molar-refractivity contribution in [3.05, 3.63) is 23.8 Å². The third-order valence-corrected chi connectivity index (χ3v) is 5.55. The Morgan fingerprint density at radius 3 is 2.96 bits per heavy atom. The van der Waals surface area contributed by atoms with Crippen LogP contribution in [-0.2, 0) is 4.79 Å². The summed E-state index contributed by atoms with van der Waals surface area (Å²) in [5.41, 5.74) is 3.19. The summed E-state index contributed by atoms with van der Waals surface area (Å²) in [5, 5.41) is 3.79. The van der Waals surface area contributed by atoms with E-state index in [4.69, 9.17) is 0 Å². The molecule has 4 nitrogen and oxygen atoms in total. The van der Waals surface area contributed by atoms with Gasteiger partial charge in [-0.15, -0.1) is 0 Å². The van der Waals surface area contributed by atoms with Gasteiger partial charge in [-0.05, 0) is 50.3 Å². The molecule has 1 atom stereocenters. The second kappa shape index (κ2) is 7.39. The minimum atomic E-state index is -0.139. The summed E-state index contributed by atoms with van der Waals surface area (Å²) in [6.45, 7) is 4.83. The molecule has 0 radical (unpaired) electrons. The van der Waals surface area contributed by atoms with Crippen molar-refractivity contribution in [1.82, 2.24) is 15.3 Å². The van der Waals surface area contributed by atoms with Crippen LogP contribution in [0, 0.1) is 12.8 Å². The van der Waals surface area contributed by atoms with E-state index in [1.54, 1.807) is 0 Å². The second-order valence-electron chi connectivity index (χ2n) is 6.57. The number of aromatic amines is 1. The van der Waals surface area contributed by atoms with E-state index < -0.39 is 0 Å². The van der Waals surface area contributed by atoms with Gasteiger partial charge in [-0.25, -0.2) is 4.98 Å². The van der Waals surface area contributed by atoms with Gasteiger partial charge in [0.05, 0.1) is 16.3 Å². The number of hydrogen-bond acceptors (Lipinski definition) is 3. The molecule has 1 amide bonds. The Bertz CT molecular complexity index is 676. The number of imidazole rings is 1. The van der Waals surface area contributed by atoms with E-state index in [1.165, 1.54) is 49.4 Å². The molecule has 124 valence electrons. The number of amides is 1. The first kappa shape index (κ1) is 16.4. The first-order chi connectivity index (χ1) is 11.1. The molecule has 5 heteroatoms. The van der Waals surface area contributed by atoms with Crippen molar-refractivity contribution >= 4 is 28.7 Å². The Morgan fingerprint density at radius 2 is 2.17 bits per heavy atom. The fourth-order valence-electron chi connectivity index (χ4n) is 3.16. The third-order valence-electron chi connectivity index (χ3n) is 4.56. The molecule has 1 aliphatic carbocycles. The van der Waals surface area contributed by atoms with Crippen LogP contribution in [0.25, 0.3) is 11.0 Å². The lowest BCUT2D eigenvalue weighted by Gasteiger charge is -2.22. The number of thioether (sulfide) groups is 1. The lowest BCUT2D eigenvalue weighted by Crippen LogP contribution is -2.35. The smallest absolute Gasteiger partial charge is 0.233 e. The Kier molecular flexibility index (Phi) is 5.26. The van der Waals surface area contributed by atoms with Gasteiger partial charge in [0.25, 0.3) is 0 Å². The van der Waals surface area contributed by atoms with Crippen molar-refractivity contribution in [3.63, 3.8) is 0 Å². The number of aryl methyl sites for hydroxylation is 1. The van der Waals surface area contributed by atoms with Crippen molar-refractivity contribution < 1.29 is 4.79 Å². The number of hydrogen-bond donors (Lipinski definition) is 2. The number of aromatic nitrogens is 2. The topological polar surface area (TPSA) is 57.8 Å². The Labute approximate surface area is 141 Å². The van der Waals surface area contributed by atoms with Gasteiger partial charge >= 0.3 is 0 Å². The highest BCUT2D eigenvalue weighted by molar-refractivity contribution is 8.00. The molecule has 1 fully saturated rings. The van der Waals surface area contributed by atoms with Gasteiger partial charge in [0.2, 0.25) is 5.91 Å². The summed E-state index contributed by atoms with van der Waals surface area (Å²) in [6, 6.07) is 6.15. The molecule has 0 saturated heterocycles.